The van der Waals surface area contributed by atoms with E-state index in [1.165, 1.54) is 0 Å². The van der Waals surface area contributed by atoms with Crippen molar-refractivity contribution in [3.05, 3.63) is 58.5 Å². The van der Waals surface area contributed by atoms with E-state index in [1.54, 1.807) is 4.52 Å². The van der Waals surface area contributed by atoms with Gasteiger partial charge in [-0.15, -0.1) is 0 Å². The van der Waals surface area contributed by atoms with Crippen LogP contribution in [0.4, 0.5) is 0 Å². The van der Waals surface area contributed by atoms with E-state index < -0.39 is 10.0 Å². The van der Waals surface area contributed by atoms with Crippen LogP contribution >= 0.6 is 0 Å². The highest BCUT2D eigenvalue weighted by molar-refractivity contribution is 7.89. The summed E-state index contributed by atoms with van der Waals surface area (Å²) < 4.78 is 29.7. The van der Waals surface area contributed by atoms with Gasteiger partial charge < -0.3 is 0 Å². The first-order chi connectivity index (χ1) is 12.3. The fraction of sp³-hybridized carbons (Fsp3) is 0.368. The first-order valence-electron chi connectivity index (χ1n) is 8.65. The lowest BCUT2D eigenvalue weighted by Gasteiger charge is -2.13. The zero-order valence-electron chi connectivity index (χ0n) is 15.6. The van der Waals surface area contributed by atoms with Gasteiger partial charge in [0.1, 0.15) is 0 Å². The van der Waals surface area contributed by atoms with Crippen molar-refractivity contribution in [3.63, 3.8) is 0 Å². The van der Waals surface area contributed by atoms with Crippen LogP contribution in [0.5, 0.6) is 0 Å². The zero-order chi connectivity index (χ0) is 18.9. The summed E-state index contributed by atoms with van der Waals surface area (Å²) in [4.78, 5) is 4.76. The molecule has 0 spiro atoms. The molecule has 7 heteroatoms. The maximum Gasteiger partial charge on any atom is 0.241 e. The number of rotatable bonds is 6. The van der Waals surface area contributed by atoms with Gasteiger partial charge in [0.05, 0.1) is 10.6 Å². The largest absolute Gasteiger partial charge is 0.241 e. The SMILES string of the molecule is Cc1cc(C)c(S(=O)(=O)NCCCc2cnc3cc(C)nn3c2)c(C)c1. The van der Waals surface area contributed by atoms with E-state index in [1.807, 2.05) is 58.3 Å². The number of aryl methyl sites for hydroxylation is 5. The molecule has 0 aliphatic carbocycles. The van der Waals surface area contributed by atoms with Crippen molar-refractivity contribution < 1.29 is 8.42 Å². The molecule has 0 amide bonds. The van der Waals surface area contributed by atoms with Crippen LogP contribution in [0.15, 0.2) is 35.5 Å². The highest BCUT2D eigenvalue weighted by Gasteiger charge is 2.19. The highest BCUT2D eigenvalue weighted by Crippen LogP contribution is 2.21. The molecule has 26 heavy (non-hydrogen) atoms. The van der Waals surface area contributed by atoms with Crippen molar-refractivity contribution in [1.82, 2.24) is 19.3 Å². The van der Waals surface area contributed by atoms with Gasteiger partial charge in [0.2, 0.25) is 10.0 Å². The summed E-state index contributed by atoms with van der Waals surface area (Å²) in [6.45, 7) is 7.95. The van der Waals surface area contributed by atoms with Crippen LogP contribution in [0.2, 0.25) is 0 Å². The van der Waals surface area contributed by atoms with E-state index in [4.69, 9.17) is 0 Å². The highest BCUT2D eigenvalue weighted by atomic mass is 32.2. The standard InChI is InChI=1S/C19H24N4O2S/c1-13-8-14(2)19(15(3)9-13)26(24,25)21-7-5-6-17-11-20-18-10-16(4)22-23(18)12-17/h8-12,21H,5-7H2,1-4H3. The molecule has 3 rings (SSSR count). The molecular weight excluding hydrogens is 348 g/mol. The quantitative estimate of drug-likeness (QED) is 0.675. The average Bonchev–Trinajstić information content (AvgIpc) is 2.89. The fourth-order valence-electron chi connectivity index (χ4n) is 3.32. The lowest BCUT2D eigenvalue weighted by atomic mass is 10.1. The minimum atomic E-state index is -3.51. The third kappa shape index (κ3) is 3.94. The molecule has 1 aromatic carbocycles. The number of benzene rings is 1. The zero-order valence-corrected chi connectivity index (χ0v) is 16.4. The van der Waals surface area contributed by atoms with Crippen molar-refractivity contribution in [2.24, 2.45) is 0 Å². The maximum atomic E-state index is 12.6. The smallest absolute Gasteiger partial charge is 0.237 e. The summed E-state index contributed by atoms with van der Waals surface area (Å²) in [5.74, 6) is 0. The maximum absolute atomic E-state index is 12.6. The molecule has 0 bridgehead atoms. The van der Waals surface area contributed by atoms with Gasteiger partial charge in [-0.25, -0.2) is 22.6 Å². The van der Waals surface area contributed by atoms with Crippen molar-refractivity contribution in [2.75, 3.05) is 6.54 Å². The molecule has 0 saturated carbocycles. The number of nitrogens with zero attached hydrogens (tertiary/aromatic N) is 3. The molecule has 0 atom stereocenters. The molecule has 3 aromatic rings. The summed E-state index contributed by atoms with van der Waals surface area (Å²) in [5, 5.41) is 4.35. The van der Waals surface area contributed by atoms with Crippen LogP contribution in [0, 0.1) is 27.7 Å². The Morgan fingerprint density at radius 3 is 2.46 bits per heavy atom. The van der Waals surface area contributed by atoms with E-state index in [2.05, 4.69) is 14.8 Å². The number of hydrogen-bond donors (Lipinski definition) is 1. The monoisotopic (exact) mass is 372 g/mol. The molecule has 1 N–H and O–H groups in total. The van der Waals surface area contributed by atoms with E-state index >= 15 is 0 Å². The molecule has 0 aliphatic heterocycles. The number of hydrogen-bond acceptors (Lipinski definition) is 4. The van der Waals surface area contributed by atoms with Gasteiger partial charge in [-0.05, 0) is 57.2 Å². The van der Waals surface area contributed by atoms with Gasteiger partial charge in [-0.3, -0.25) is 0 Å². The normalized spacial score (nSPS) is 12.0. The molecule has 2 aromatic heterocycles. The number of sulfonamides is 1. The van der Waals surface area contributed by atoms with Gasteiger partial charge in [0.25, 0.3) is 0 Å². The Balaban J connectivity index is 1.63. The Bertz CT molecular complexity index is 1030. The van der Waals surface area contributed by atoms with Gasteiger partial charge in [-0.1, -0.05) is 17.7 Å². The molecule has 0 fully saturated rings. The second-order valence-electron chi connectivity index (χ2n) is 6.78. The van der Waals surface area contributed by atoms with Crippen LogP contribution in [-0.4, -0.2) is 29.6 Å². The number of aromatic nitrogens is 3. The van der Waals surface area contributed by atoms with Crippen molar-refractivity contribution in [1.29, 1.82) is 0 Å². The molecular formula is C19H24N4O2S. The molecule has 6 nitrogen and oxygen atoms in total. The van der Waals surface area contributed by atoms with E-state index in [0.29, 0.717) is 17.9 Å². The van der Waals surface area contributed by atoms with Gasteiger partial charge in [0, 0.05) is 25.0 Å². The van der Waals surface area contributed by atoms with Gasteiger partial charge in [-0.2, -0.15) is 5.10 Å². The van der Waals surface area contributed by atoms with Crippen molar-refractivity contribution in [3.8, 4) is 0 Å². The Labute approximate surface area is 154 Å². The third-order valence-electron chi connectivity index (χ3n) is 4.30. The van der Waals surface area contributed by atoms with Crippen molar-refractivity contribution >= 4 is 15.7 Å². The lowest BCUT2D eigenvalue weighted by molar-refractivity contribution is 0.577. The van der Waals surface area contributed by atoms with E-state index in [0.717, 1.165) is 40.0 Å². The summed E-state index contributed by atoms with van der Waals surface area (Å²) in [6, 6.07) is 5.72. The summed E-state index contributed by atoms with van der Waals surface area (Å²) in [6.07, 6.45) is 5.18. The molecule has 0 unspecified atom stereocenters. The first kappa shape index (κ1) is 18.5. The van der Waals surface area contributed by atoms with E-state index in [-0.39, 0.29) is 0 Å². The Morgan fingerprint density at radius 1 is 1.08 bits per heavy atom. The Kier molecular flexibility index (Phi) is 5.11. The van der Waals surface area contributed by atoms with Crippen LogP contribution in [0.3, 0.4) is 0 Å². The molecule has 0 saturated heterocycles. The van der Waals surface area contributed by atoms with Crippen molar-refractivity contribution in [2.45, 2.75) is 45.4 Å². The summed E-state index contributed by atoms with van der Waals surface area (Å²) in [7, 11) is -3.51. The minimum Gasteiger partial charge on any atom is -0.237 e. The summed E-state index contributed by atoms with van der Waals surface area (Å²) >= 11 is 0. The lowest BCUT2D eigenvalue weighted by Crippen LogP contribution is -2.26. The predicted molar refractivity (Wildman–Crippen MR) is 102 cm³/mol. The number of nitrogens with one attached hydrogen (secondary N) is 1. The average molecular weight is 372 g/mol. The summed E-state index contributed by atoms with van der Waals surface area (Å²) in [5.41, 5.74) is 5.39. The van der Waals surface area contributed by atoms with Crippen LogP contribution in [0.1, 0.15) is 34.4 Å². The van der Waals surface area contributed by atoms with Gasteiger partial charge in [0.15, 0.2) is 5.65 Å². The topological polar surface area (TPSA) is 76.4 Å². The Hall–Kier alpha value is -2.25. The second-order valence-corrected chi connectivity index (χ2v) is 8.48. The molecule has 0 radical (unpaired) electrons. The molecule has 138 valence electrons. The molecule has 0 aliphatic rings. The van der Waals surface area contributed by atoms with E-state index in [9.17, 15) is 8.42 Å². The van der Waals surface area contributed by atoms with Crippen LogP contribution in [-0.2, 0) is 16.4 Å². The Morgan fingerprint density at radius 2 is 1.77 bits per heavy atom. The number of fused-ring (bicyclic) bond motifs is 1. The second kappa shape index (κ2) is 7.17. The van der Waals surface area contributed by atoms with Crippen LogP contribution < -0.4 is 4.72 Å². The molecule has 2 heterocycles. The fourth-order valence-corrected chi connectivity index (χ4v) is 4.85. The third-order valence-corrected chi connectivity index (χ3v) is 6.06. The van der Waals surface area contributed by atoms with Gasteiger partial charge >= 0.3 is 0 Å². The predicted octanol–water partition coefficient (Wildman–Crippen LogP) is 2.87. The first-order valence-corrected chi connectivity index (χ1v) is 10.1. The van der Waals surface area contributed by atoms with Crippen LogP contribution in [0.25, 0.3) is 5.65 Å². The minimum absolute atomic E-state index is 0.380.